The highest BCUT2D eigenvalue weighted by molar-refractivity contribution is 5.70. The molecule has 0 amide bonds. The lowest BCUT2D eigenvalue weighted by Crippen LogP contribution is -2.37. The van der Waals surface area contributed by atoms with Crippen LogP contribution in [0.5, 0.6) is 5.75 Å². The number of hydrogen-bond donors (Lipinski definition) is 2. The maximum atomic E-state index is 13.8. The molecular weight excluding hydrogens is 271 g/mol. The van der Waals surface area contributed by atoms with Gasteiger partial charge in [-0.3, -0.25) is 0 Å². The summed E-state index contributed by atoms with van der Waals surface area (Å²) in [6, 6.07) is 3.03. The van der Waals surface area contributed by atoms with Gasteiger partial charge in [-0.1, -0.05) is 6.92 Å². The van der Waals surface area contributed by atoms with Crippen molar-refractivity contribution < 1.29 is 14.2 Å². The van der Waals surface area contributed by atoms with Gasteiger partial charge < -0.3 is 20.5 Å². The van der Waals surface area contributed by atoms with Gasteiger partial charge in [0.05, 0.1) is 24.1 Å². The molecule has 118 valence electrons. The number of benzene rings is 1. The van der Waals surface area contributed by atoms with Crippen LogP contribution in [0, 0.1) is 11.7 Å². The van der Waals surface area contributed by atoms with E-state index in [1.54, 1.807) is 6.07 Å². The molecule has 1 saturated heterocycles. The average Bonchev–Trinajstić information content (AvgIpc) is 2.46. The van der Waals surface area contributed by atoms with Gasteiger partial charge in [-0.05, 0) is 32.1 Å². The molecule has 0 spiro atoms. The van der Waals surface area contributed by atoms with Crippen LogP contribution in [-0.2, 0) is 0 Å². The molecule has 1 heterocycles. The highest BCUT2D eigenvalue weighted by Crippen LogP contribution is 2.34. The zero-order chi connectivity index (χ0) is 15.4. The summed E-state index contributed by atoms with van der Waals surface area (Å²) >= 11 is 0. The number of nitrogen functional groups attached to an aromatic ring is 1. The van der Waals surface area contributed by atoms with Crippen molar-refractivity contribution in [3.05, 3.63) is 17.9 Å². The minimum atomic E-state index is -0.413. The summed E-state index contributed by atoms with van der Waals surface area (Å²) in [5.74, 6) is 0.181. The fourth-order valence-electron chi connectivity index (χ4n) is 2.78. The zero-order valence-corrected chi connectivity index (χ0v) is 12.8. The maximum absolute atomic E-state index is 13.8. The van der Waals surface area contributed by atoms with Gasteiger partial charge in [0.2, 0.25) is 0 Å². The van der Waals surface area contributed by atoms with Crippen LogP contribution in [0.1, 0.15) is 33.1 Å². The van der Waals surface area contributed by atoms with Crippen molar-refractivity contribution in [2.45, 2.75) is 39.2 Å². The molecule has 0 aliphatic carbocycles. The van der Waals surface area contributed by atoms with E-state index in [2.05, 4.69) is 4.90 Å². The lowest BCUT2D eigenvalue weighted by molar-refractivity contribution is 0.110. The van der Waals surface area contributed by atoms with Gasteiger partial charge in [-0.25, -0.2) is 4.39 Å². The zero-order valence-electron chi connectivity index (χ0n) is 12.8. The predicted molar refractivity (Wildman–Crippen MR) is 83.2 cm³/mol. The Labute approximate surface area is 125 Å². The summed E-state index contributed by atoms with van der Waals surface area (Å²) in [6.07, 6.45) is 2.39. The second kappa shape index (κ2) is 6.98. The van der Waals surface area contributed by atoms with E-state index in [4.69, 9.17) is 10.5 Å². The molecule has 1 fully saturated rings. The van der Waals surface area contributed by atoms with Crippen LogP contribution < -0.4 is 15.4 Å². The first-order valence-corrected chi connectivity index (χ1v) is 7.67. The van der Waals surface area contributed by atoms with E-state index in [1.165, 1.54) is 6.07 Å². The third-order valence-electron chi connectivity index (χ3n) is 4.11. The Balaban J connectivity index is 2.12. The van der Waals surface area contributed by atoms with Gasteiger partial charge in [0.25, 0.3) is 0 Å². The summed E-state index contributed by atoms with van der Waals surface area (Å²) in [7, 11) is 0. The molecule has 4 nitrogen and oxygen atoms in total. The Bertz CT molecular complexity index is 472. The van der Waals surface area contributed by atoms with Gasteiger partial charge in [-0.15, -0.1) is 0 Å². The Kier molecular flexibility index (Phi) is 5.28. The lowest BCUT2D eigenvalue weighted by Gasteiger charge is -2.35. The molecule has 1 unspecified atom stereocenters. The van der Waals surface area contributed by atoms with Crippen LogP contribution in [0.4, 0.5) is 15.8 Å². The highest BCUT2D eigenvalue weighted by Gasteiger charge is 2.24. The fourth-order valence-corrected chi connectivity index (χ4v) is 2.78. The maximum Gasteiger partial charge on any atom is 0.167 e. The van der Waals surface area contributed by atoms with Crippen molar-refractivity contribution in [3.8, 4) is 5.75 Å². The molecule has 1 aromatic rings. The molecule has 0 radical (unpaired) electrons. The second-order valence-corrected chi connectivity index (χ2v) is 5.75. The first-order chi connectivity index (χ1) is 10.0. The van der Waals surface area contributed by atoms with E-state index in [1.807, 2.05) is 13.8 Å². The van der Waals surface area contributed by atoms with E-state index >= 15 is 0 Å². The Hall–Kier alpha value is -1.49. The van der Waals surface area contributed by atoms with Crippen LogP contribution in [-0.4, -0.2) is 30.9 Å². The van der Waals surface area contributed by atoms with Gasteiger partial charge in [0, 0.05) is 25.2 Å². The molecule has 5 heteroatoms. The Morgan fingerprint density at radius 1 is 1.43 bits per heavy atom. The molecule has 0 aromatic heterocycles. The lowest BCUT2D eigenvalue weighted by atomic mass is 9.92. The van der Waals surface area contributed by atoms with Crippen LogP contribution in [0.15, 0.2) is 12.1 Å². The standard InChI is InChI=1S/C16H25FN2O2/c1-3-8-21-16-10-15(14(18)9-13(16)17)19-6-4-12(5-7-19)11(2)20/h9-12,20H,3-8,18H2,1-2H3. The average molecular weight is 296 g/mol. The number of anilines is 2. The predicted octanol–water partition coefficient (Wildman–Crippen LogP) is 2.79. The molecule has 0 bridgehead atoms. The fraction of sp³-hybridized carbons (Fsp3) is 0.625. The minimum Gasteiger partial charge on any atom is -0.490 e. The summed E-state index contributed by atoms with van der Waals surface area (Å²) in [5, 5.41) is 9.65. The number of rotatable bonds is 5. The van der Waals surface area contributed by atoms with E-state index < -0.39 is 5.82 Å². The smallest absolute Gasteiger partial charge is 0.167 e. The molecule has 3 N–H and O–H groups in total. The van der Waals surface area contributed by atoms with Gasteiger partial charge in [0.15, 0.2) is 11.6 Å². The van der Waals surface area contributed by atoms with Crippen molar-refractivity contribution in [1.29, 1.82) is 0 Å². The Morgan fingerprint density at radius 3 is 2.67 bits per heavy atom. The van der Waals surface area contributed by atoms with E-state index in [0.29, 0.717) is 18.2 Å². The number of ether oxygens (including phenoxy) is 1. The third-order valence-corrected chi connectivity index (χ3v) is 4.11. The summed E-state index contributed by atoms with van der Waals surface area (Å²) < 4.78 is 19.3. The second-order valence-electron chi connectivity index (χ2n) is 5.75. The summed E-state index contributed by atoms with van der Waals surface area (Å²) in [5.41, 5.74) is 7.22. The van der Waals surface area contributed by atoms with Crippen LogP contribution >= 0.6 is 0 Å². The van der Waals surface area contributed by atoms with Crippen LogP contribution in [0.2, 0.25) is 0 Å². The number of halogens is 1. The third kappa shape index (κ3) is 3.79. The van der Waals surface area contributed by atoms with Gasteiger partial charge in [0.1, 0.15) is 0 Å². The van der Waals surface area contributed by atoms with Crippen molar-refractivity contribution in [1.82, 2.24) is 0 Å². The van der Waals surface area contributed by atoms with Gasteiger partial charge >= 0.3 is 0 Å². The first-order valence-electron chi connectivity index (χ1n) is 7.67. The monoisotopic (exact) mass is 296 g/mol. The number of aliphatic hydroxyl groups excluding tert-OH is 1. The molecule has 2 rings (SSSR count). The molecular formula is C16H25FN2O2. The normalized spacial score (nSPS) is 17.8. The number of aliphatic hydroxyl groups is 1. The van der Waals surface area contributed by atoms with E-state index in [0.717, 1.165) is 38.0 Å². The summed E-state index contributed by atoms with van der Waals surface area (Å²) in [6.45, 7) is 5.95. The molecule has 1 atom stereocenters. The number of piperidine rings is 1. The highest BCUT2D eigenvalue weighted by atomic mass is 19.1. The molecule has 0 saturated carbocycles. The van der Waals surface area contributed by atoms with Crippen LogP contribution in [0.25, 0.3) is 0 Å². The number of hydrogen-bond acceptors (Lipinski definition) is 4. The van der Waals surface area contributed by atoms with Crippen molar-refractivity contribution in [2.24, 2.45) is 5.92 Å². The van der Waals surface area contributed by atoms with E-state index in [-0.39, 0.29) is 11.9 Å². The first kappa shape index (κ1) is 15.9. The number of nitrogens with zero attached hydrogens (tertiary/aromatic N) is 1. The molecule has 1 aliphatic heterocycles. The van der Waals surface area contributed by atoms with Crippen LogP contribution in [0.3, 0.4) is 0 Å². The molecule has 21 heavy (non-hydrogen) atoms. The SMILES string of the molecule is CCCOc1cc(N2CCC(C(C)O)CC2)c(N)cc1F. The molecule has 1 aliphatic rings. The van der Waals surface area contributed by atoms with Gasteiger partial charge in [-0.2, -0.15) is 0 Å². The quantitative estimate of drug-likeness (QED) is 0.820. The minimum absolute atomic E-state index is 0.263. The topological polar surface area (TPSA) is 58.7 Å². The van der Waals surface area contributed by atoms with Crippen molar-refractivity contribution in [3.63, 3.8) is 0 Å². The van der Waals surface area contributed by atoms with Crippen molar-refractivity contribution >= 4 is 11.4 Å². The number of nitrogens with two attached hydrogens (primary N) is 1. The largest absolute Gasteiger partial charge is 0.490 e. The molecule has 1 aromatic carbocycles. The van der Waals surface area contributed by atoms with E-state index in [9.17, 15) is 9.50 Å². The Morgan fingerprint density at radius 2 is 2.10 bits per heavy atom. The summed E-state index contributed by atoms with van der Waals surface area (Å²) in [4.78, 5) is 2.15. The van der Waals surface area contributed by atoms with Crippen molar-refractivity contribution in [2.75, 3.05) is 30.3 Å².